The van der Waals surface area contributed by atoms with Crippen LogP contribution in [0, 0.1) is 5.82 Å². The lowest BCUT2D eigenvalue weighted by molar-refractivity contribution is -0.114. The van der Waals surface area contributed by atoms with Gasteiger partial charge >= 0.3 is 0 Å². The van der Waals surface area contributed by atoms with Crippen LogP contribution < -0.4 is 15.4 Å². The van der Waals surface area contributed by atoms with Crippen molar-refractivity contribution in [3.05, 3.63) is 54.7 Å². The maximum Gasteiger partial charge on any atom is 0.221 e. The van der Waals surface area contributed by atoms with Crippen LogP contribution in [0.5, 0.6) is 5.88 Å². The lowest BCUT2D eigenvalue weighted by atomic mass is 10.3. The van der Waals surface area contributed by atoms with E-state index in [1.54, 1.807) is 30.5 Å². The summed E-state index contributed by atoms with van der Waals surface area (Å²) in [5.41, 5.74) is 1.74. The summed E-state index contributed by atoms with van der Waals surface area (Å²) in [6.45, 7) is 1.41. The molecule has 1 amide bonds. The van der Waals surface area contributed by atoms with E-state index in [0.717, 1.165) is 6.20 Å². The zero-order valence-corrected chi connectivity index (χ0v) is 15.5. The minimum absolute atomic E-state index is 0.201. The van der Waals surface area contributed by atoms with Gasteiger partial charge in [0.2, 0.25) is 17.6 Å². The number of anilines is 3. The molecule has 0 aromatic carbocycles. The molecule has 0 bridgehead atoms. The van der Waals surface area contributed by atoms with Gasteiger partial charge in [-0.15, -0.1) is 5.10 Å². The minimum atomic E-state index is -0.529. The van der Waals surface area contributed by atoms with Gasteiger partial charge in [0, 0.05) is 19.2 Å². The lowest BCUT2D eigenvalue weighted by Gasteiger charge is -2.10. The quantitative estimate of drug-likeness (QED) is 0.537. The average Bonchev–Trinajstić information content (AvgIpc) is 3.11. The van der Waals surface area contributed by atoms with E-state index < -0.39 is 5.82 Å². The smallest absolute Gasteiger partial charge is 0.221 e. The van der Waals surface area contributed by atoms with Gasteiger partial charge in [0.25, 0.3) is 0 Å². The monoisotopic (exact) mass is 393 g/mol. The summed E-state index contributed by atoms with van der Waals surface area (Å²) in [5.74, 6) is 0.282. The van der Waals surface area contributed by atoms with Gasteiger partial charge in [0.15, 0.2) is 11.6 Å². The molecule has 2 N–H and O–H groups in total. The molecule has 0 saturated carbocycles. The molecule has 0 aliphatic carbocycles. The maximum atomic E-state index is 14.1. The Balaban J connectivity index is 1.86. The Kier molecular flexibility index (Phi) is 4.73. The van der Waals surface area contributed by atoms with Crippen LogP contribution in [0.4, 0.5) is 21.6 Å². The summed E-state index contributed by atoms with van der Waals surface area (Å²) in [4.78, 5) is 24.0. The maximum absolute atomic E-state index is 14.1. The van der Waals surface area contributed by atoms with E-state index in [2.05, 4.69) is 30.7 Å². The largest absolute Gasteiger partial charge is 0.481 e. The summed E-state index contributed by atoms with van der Waals surface area (Å²) in [6, 6.07) is 8.39. The van der Waals surface area contributed by atoms with Crippen molar-refractivity contribution in [1.29, 1.82) is 0 Å². The van der Waals surface area contributed by atoms with Gasteiger partial charge < -0.3 is 15.4 Å². The van der Waals surface area contributed by atoms with Gasteiger partial charge in [-0.05, 0) is 18.2 Å². The molecule has 9 nitrogen and oxygen atoms in total. The van der Waals surface area contributed by atoms with Crippen LogP contribution in [-0.4, -0.2) is 37.6 Å². The lowest BCUT2D eigenvalue weighted by Crippen LogP contribution is -2.05. The van der Waals surface area contributed by atoms with Crippen molar-refractivity contribution in [2.24, 2.45) is 0 Å². The van der Waals surface area contributed by atoms with Crippen LogP contribution >= 0.6 is 0 Å². The molecule has 4 rings (SSSR count). The van der Waals surface area contributed by atoms with Crippen LogP contribution in [-0.2, 0) is 4.79 Å². The summed E-state index contributed by atoms with van der Waals surface area (Å²) in [6.07, 6.45) is 4.21. The van der Waals surface area contributed by atoms with E-state index in [1.807, 2.05) is 0 Å². The third-order valence-corrected chi connectivity index (χ3v) is 3.97. The van der Waals surface area contributed by atoms with E-state index in [-0.39, 0.29) is 11.6 Å². The average molecular weight is 393 g/mol. The Morgan fingerprint density at radius 3 is 2.86 bits per heavy atom. The zero-order valence-electron chi connectivity index (χ0n) is 15.5. The summed E-state index contributed by atoms with van der Waals surface area (Å²) in [7, 11) is 1.51. The van der Waals surface area contributed by atoms with Crippen molar-refractivity contribution in [3.8, 4) is 17.4 Å². The molecular formula is C19H16FN7O2. The molecule has 0 fully saturated rings. The van der Waals surface area contributed by atoms with Crippen molar-refractivity contribution < 1.29 is 13.9 Å². The highest BCUT2D eigenvalue weighted by atomic mass is 19.1. The number of carbonyl (C=O) groups is 1. The number of hydrogen-bond donors (Lipinski definition) is 2. The second-order valence-corrected chi connectivity index (χ2v) is 6.07. The van der Waals surface area contributed by atoms with Crippen LogP contribution in [0.25, 0.3) is 17.0 Å². The molecule has 4 aromatic heterocycles. The molecule has 0 spiro atoms. The number of pyridine rings is 2. The van der Waals surface area contributed by atoms with Gasteiger partial charge in [0.05, 0.1) is 30.9 Å². The number of nitrogens with one attached hydrogen (secondary N) is 2. The summed E-state index contributed by atoms with van der Waals surface area (Å²) in [5, 5.41) is 10.1. The first-order valence-corrected chi connectivity index (χ1v) is 8.59. The second kappa shape index (κ2) is 7.50. The predicted molar refractivity (Wildman–Crippen MR) is 105 cm³/mol. The van der Waals surface area contributed by atoms with Crippen LogP contribution in [0.2, 0.25) is 0 Å². The number of aromatic nitrogens is 5. The van der Waals surface area contributed by atoms with Crippen LogP contribution in [0.1, 0.15) is 6.92 Å². The molecule has 0 atom stereocenters. The van der Waals surface area contributed by atoms with Crippen LogP contribution in [0.3, 0.4) is 0 Å². The highest BCUT2D eigenvalue weighted by Crippen LogP contribution is 2.27. The number of fused-ring (bicyclic) bond motifs is 1. The van der Waals surface area contributed by atoms with Crippen molar-refractivity contribution in [1.82, 2.24) is 24.6 Å². The van der Waals surface area contributed by atoms with Crippen molar-refractivity contribution in [2.75, 3.05) is 17.7 Å². The van der Waals surface area contributed by atoms with E-state index in [1.165, 1.54) is 30.8 Å². The number of ether oxygens (including phenoxy) is 1. The van der Waals surface area contributed by atoms with Crippen molar-refractivity contribution in [3.63, 3.8) is 0 Å². The number of carbonyl (C=O) groups excluding carboxylic acids is 1. The highest BCUT2D eigenvalue weighted by Gasteiger charge is 2.15. The second-order valence-electron chi connectivity index (χ2n) is 6.07. The van der Waals surface area contributed by atoms with Gasteiger partial charge in [-0.1, -0.05) is 6.07 Å². The Bertz CT molecular complexity index is 1210. The molecule has 29 heavy (non-hydrogen) atoms. The third kappa shape index (κ3) is 3.81. The molecule has 146 valence electrons. The zero-order chi connectivity index (χ0) is 20.4. The van der Waals surface area contributed by atoms with E-state index in [0.29, 0.717) is 34.4 Å². The first-order valence-electron chi connectivity index (χ1n) is 8.59. The minimum Gasteiger partial charge on any atom is -0.481 e. The van der Waals surface area contributed by atoms with Crippen LogP contribution in [0.15, 0.2) is 48.9 Å². The van der Waals surface area contributed by atoms with Crippen molar-refractivity contribution >= 4 is 28.6 Å². The fourth-order valence-corrected chi connectivity index (χ4v) is 2.73. The Labute approximate surface area is 164 Å². The van der Waals surface area contributed by atoms with Gasteiger partial charge in [-0.3, -0.25) is 9.78 Å². The first kappa shape index (κ1) is 18.3. The van der Waals surface area contributed by atoms with E-state index in [4.69, 9.17) is 4.74 Å². The molecule has 0 radical (unpaired) electrons. The molecule has 4 heterocycles. The van der Waals surface area contributed by atoms with E-state index >= 15 is 0 Å². The Hall–Kier alpha value is -4.08. The normalized spacial score (nSPS) is 10.7. The molecular weight excluding hydrogens is 377 g/mol. The highest BCUT2D eigenvalue weighted by molar-refractivity contribution is 5.90. The Morgan fingerprint density at radius 2 is 2.10 bits per heavy atom. The fourth-order valence-electron chi connectivity index (χ4n) is 2.73. The van der Waals surface area contributed by atoms with Gasteiger partial charge in [-0.25, -0.2) is 18.9 Å². The number of rotatable bonds is 5. The molecule has 0 aliphatic heterocycles. The third-order valence-electron chi connectivity index (χ3n) is 3.97. The summed E-state index contributed by atoms with van der Waals surface area (Å²) < 4.78 is 20.8. The summed E-state index contributed by atoms with van der Waals surface area (Å²) >= 11 is 0. The molecule has 0 aliphatic rings. The number of amides is 1. The fraction of sp³-hybridized carbons (Fsp3) is 0.105. The number of halogens is 1. The molecule has 0 saturated heterocycles. The first-order chi connectivity index (χ1) is 14.0. The standard InChI is InChI=1S/C19H16FN7O2/c1-11(28)22-12-8-16-19(24-14-6-7-21-9-13(14)20)25-18(26-27(16)10-12)15-4-3-5-17(23-15)29-2/h3-10H,1-2H3,(H,22,28)(H,21,24,25,26). The molecule has 4 aromatic rings. The number of hydrogen-bond acceptors (Lipinski definition) is 7. The molecule has 0 unspecified atom stereocenters. The SMILES string of the molecule is COc1cccc(-c2nc(Nc3ccncc3F)c3cc(NC(C)=O)cn3n2)n1. The topological polar surface area (TPSA) is 106 Å². The number of nitrogens with zero attached hydrogens (tertiary/aromatic N) is 5. The van der Waals surface area contributed by atoms with Gasteiger partial charge in [0.1, 0.15) is 11.2 Å². The van der Waals surface area contributed by atoms with Gasteiger partial charge in [-0.2, -0.15) is 0 Å². The predicted octanol–water partition coefficient (Wildman–Crippen LogP) is 3.04. The van der Waals surface area contributed by atoms with E-state index in [9.17, 15) is 9.18 Å². The Morgan fingerprint density at radius 1 is 1.24 bits per heavy atom. The van der Waals surface area contributed by atoms with Crippen molar-refractivity contribution in [2.45, 2.75) is 6.92 Å². The number of methoxy groups -OCH3 is 1. The molecule has 10 heteroatoms.